The Bertz CT molecular complexity index is 999. The second-order valence-electron chi connectivity index (χ2n) is 10.4. The summed E-state index contributed by atoms with van der Waals surface area (Å²) in [7, 11) is -3.56. The molecule has 0 radical (unpaired) electrons. The van der Waals surface area contributed by atoms with Gasteiger partial charge in [-0.25, -0.2) is 12.8 Å². The molecule has 0 aliphatic heterocycles. The lowest BCUT2D eigenvalue weighted by molar-refractivity contribution is 0.241. The fourth-order valence-corrected chi connectivity index (χ4v) is 6.75. The molecule has 0 bridgehead atoms. The molecule has 0 saturated carbocycles. The Labute approximate surface area is 219 Å². The molecule has 0 heterocycles. The lowest BCUT2D eigenvalue weighted by Gasteiger charge is -2.22. The van der Waals surface area contributed by atoms with E-state index in [0.717, 1.165) is 49.3 Å². The highest BCUT2D eigenvalue weighted by Crippen LogP contribution is 2.28. The fourth-order valence-electron chi connectivity index (χ4n) is 4.85. The van der Waals surface area contributed by atoms with Crippen molar-refractivity contribution in [2.75, 3.05) is 12.3 Å². The van der Waals surface area contributed by atoms with Crippen LogP contribution in [0, 0.1) is 11.8 Å². The molecule has 0 amide bonds. The molecule has 3 nitrogen and oxygen atoms in total. The SMILES string of the molecule is CCCCCCCCN=CC(CS(=O)(=O)c1cccc2ccccc12)C(C)CC(F)CCCCCC. The number of fused-ring (bicyclic) bond motifs is 1. The first-order valence-electron chi connectivity index (χ1n) is 14.2. The maximum atomic E-state index is 14.8. The van der Waals surface area contributed by atoms with Crippen LogP contribution in [-0.2, 0) is 9.84 Å². The van der Waals surface area contributed by atoms with E-state index >= 15 is 0 Å². The molecular formula is C31H48FNO2S. The van der Waals surface area contributed by atoms with Crippen LogP contribution >= 0.6 is 0 Å². The Balaban J connectivity index is 2.09. The Hall–Kier alpha value is -1.75. The molecule has 36 heavy (non-hydrogen) atoms. The number of benzene rings is 2. The highest BCUT2D eigenvalue weighted by molar-refractivity contribution is 7.91. The van der Waals surface area contributed by atoms with Crippen molar-refractivity contribution in [1.29, 1.82) is 0 Å². The predicted molar refractivity (Wildman–Crippen MR) is 154 cm³/mol. The van der Waals surface area contributed by atoms with E-state index in [1.54, 1.807) is 12.1 Å². The van der Waals surface area contributed by atoms with Gasteiger partial charge < -0.3 is 0 Å². The second kappa shape index (κ2) is 16.9. The third-order valence-electron chi connectivity index (χ3n) is 7.16. The van der Waals surface area contributed by atoms with Crippen LogP contribution in [0.25, 0.3) is 10.8 Å². The standard InChI is InChI=1S/C31H48FNO2S/c1-4-6-8-10-11-15-22-33-24-28(26(3)23-29(32)19-12-9-7-5-2)25-36(34,35)31-21-16-18-27-17-13-14-20-30(27)31/h13-14,16-18,20-21,24,26,28-29H,4-12,15,19,22-23,25H2,1-3H3. The average Bonchev–Trinajstić information content (AvgIpc) is 2.87. The van der Waals surface area contributed by atoms with Crippen molar-refractivity contribution in [3.63, 3.8) is 0 Å². The molecule has 2 aromatic carbocycles. The summed E-state index contributed by atoms with van der Waals surface area (Å²) in [6.45, 7) is 7.06. The number of rotatable bonds is 19. The number of nitrogens with zero attached hydrogens (tertiary/aromatic N) is 1. The van der Waals surface area contributed by atoms with Gasteiger partial charge in [0, 0.05) is 24.1 Å². The lowest BCUT2D eigenvalue weighted by Crippen LogP contribution is -2.26. The van der Waals surface area contributed by atoms with E-state index in [9.17, 15) is 12.8 Å². The molecule has 5 heteroatoms. The molecule has 3 atom stereocenters. The minimum Gasteiger partial charge on any atom is -0.297 e. The van der Waals surface area contributed by atoms with Gasteiger partial charge in [0.25, 0.3) is 0 Å². The van der Waals surface area contributed by atoms with Crippen LogP contribution < -0.4 is 0 Å². The van der Waals surface area contributed by atoms with Gasteiger partial charge in [-0.15, -0.1) is 0 Å². The van der Waals surface area contributed by atoms with Crippen molar-refractivity contribution in [3.05, 3.63) is 42.5 Å². The molecule has 0 aliphatic rings. The molecule has 0 saturated heterocycles. The van der Waals surface area contributed by atoms with Crippen LogP contribution in [0.4, 0.5) is 4.39 Å². The van der Waals surface area contributed by atoms with Gasteiger partial charge >= 0.3 is 0 Å². The summed E-state index contributed by atoms with van der Waals surface area (Å²) in [5, 5.41) is 1.66. The van der Waals surface area contributed by atoms with Gasteiger partial charge in [0.05, 0.1) is 10.6 Å². The fraction of sp³-hybridized carbons (Fsp3) is 0.645. The van der Waals surface area contributed by atoms with Crippen molar-refractivity contribution in [1.82, 2.24) is 0 Å². The van der Waals surface area contributed by atoms with Crippen LogP contribution in [0.15, 0.2) is 52.4 Å². The summed E-state index contributed by atoms with van der Waals surface area (Å²) in [6.07, 6.45) is 13.2. The topological polar surface area (TPSA) is 46.5 Å². The molecule has 2 aromatic rings. The van der Waals surface area contributed by atoms with E-state index in [2.05, 4.69) is 18.8 Å². The quantitative estimate of drug-likeness (QED) is 0.138. The van der Waals surface area contributed by atoms with E-state index in [-0.39, 0.29) is 17.6 Å². The van der Waals surface area contributed by atoms with Gasteiger partial charge in [-0.3, -0.25) is 4.99 Å². The number of hydrogen-bond donors (Lipinski definition) is 0. The number of halogens is 1. The smallest absolute Gasteiger partial charge is 0.179 e. The summed E-state index contributed by atoms with van der Waals surface area (Å²) < 4.78 is 41.9. The van der Waals surface area contributed by atoms with Crippen LogP contribution in [-0.4, -0.2) is 33.1 Å². The average molecular weight is 518 g/mol. The van der Waals surface area contributed by atoms with Crippen molar-refractivity contribution in [2.24, 2.45) is 16.8 Å². The highest BCUT2D eigenvalue weighted by atomic mass is 32.2. The molecule has 2 rings (SSSR count). The van der Waals surface area contributed by atoms with Gasteiger partial charge in [0.1, 0.15) is 6.17 Å². The van der Waals surface area contributed by atoms with Gasteiger partial charge in [0.2, 0.25) is 0 Å². The Morgan fingerprint density at radius 1 is 0.861 bits per heavy atom. The van der Waals surface area contributed by atoms with Gasteiger partial charge in [-0.1, -0.05) is 115 Å². The highest BCUT2D eigenvalue weighted by Gasteiger charge is 2.27. The predicted octanol–water partition coefficient (Wildman–Crippen LogP) is 9.00. The monoisotopic (exact) mass is 517 g/mol. The Morgan fingerprint density at radius 3 is 2.25 bits per heavy atom. The maximum absolute atomic E-state index is 14.8. The molecule has 202 valence electrons. The first-order chi connectivity index (χ1) is 17.4. The minimum absolute atomic E-state index is 0.0370. The van der Waals surface area contributed by atoms with E-state index in [1.165, 1.54) is 25.7 Å². The van der Waals surface area contributed by atoms with Crippen molar-refractivity contribution in [3.8, 4) is 0 Å². The molecular weight excluding hydrogens is 469 g/mol. The Kier molecular flexibility index (Phi) is 14.3. The molecule has 0 fully saturated rings. The van der Waals surface area contributed by atoms with Crippen LogP contribution in [0.3, 0.4) is 0 Å². The third-order valence-corrected chi connectivity index (χ3v) is 9.01. The van der Waals surface area contributed by atoms with E-state index in [1.807, 2.05) is 43.5 Å². The van der Waals surface area contributed by atoms with Crippen LogP contribution in [0.1, 0.15) is 97.8 Å². The van der Waals surface area contributed by atoms with Crippen molar-refractivity contribution in [2.45, 2.75) is 109 Å². The molecule has 0 aliphatic carbocycles. The minimum atomic E-state index is -3.56. The zero-order valence-corrected chi connectivity index (χ0v) is 23.6. The first-order valence-corrected chi connectivity index (χ1v) is 15.9. The summed E-state index contributed by atoms with van der Waals surface area (Å²) in [4.78, 5) is 4.99. The number of hydrogen-bond acceptors (Lipinski definition) is 3. The van der Waals surface area contributed by atoms with Crippen molar-refractivity contribution >= 4 is 26.8 Å². The maximum Gasteiger partial charge on any atom is 0.179 e. The van der Waals surface area contributed by atoms with E-state index < -0.39 is 16.0 Å². The van der Waals surface area contributed by atoms with E-state index in [4.69, 9.17) is 0 Å². The number of aliphatic imine (C=N–C) groups is 1. The molecule has 0 spiro atoms. The second-order valence-corrected chi connectivity index (χ2v) is 12.4. The van der Waals surface area contributed by atoms with Gasteiger partial charge in [-0.2, -0.15) is 0 Å². The summed E-state index contributed by atoms with van der Waals surface area (Å²) in [5.41, 5.74) is 0. The van der Waals surface area contributed by atoms with Crippen LogP contribution in [0.2, 0.25) is 0 Å². The lowest BCUT2D eigenvalue weighted by atomic mass is 9.90. The summed E-state index contributed by atoms with van der Waals surface area (Å²) >= 11 is 0. The molecule has 0 N–H and O–H groups in total. The number of alkyl halides is 1. The van der Waals surface area contributed by atoms with Crippen molar-refractivity contribution < 1.29 is 12.8 Å². The zero-order chi connectivity index (χ0) is 26.2. The molecule has 0 aromatic heterocycles. The zero-order valence-electron chi connectivity index (χ0n) is 22.8. The summed E-state index contributed by atoms with van der Waals surface area (Å²) in [5.74, 6) is -0.433. The Morgan fingerprint density at radius 2 is 1.50 bits per heavy atom. The molecule has 3 unspecified atom stereocenters. The van der Waals surface area contributed by atoms with Gasteiger partial charge in [-0.05, 0) is 36.6 Å². The van der Waals surface area contributed by atoms with E-state index in [0.29, 0.717) is 24.3 Å². The first kappa shape index (κ1) is 30.5. The van der Waals surface area contributed by atoms with Crippen LogP contribution in [0.5, 0.6) is 0 Å². The summed E-state index contributed by atoms with van der Waals surface area (Å²) in [6, 6.07) is 13.0. The third kappa shape index (κ3) is 10.7. The number of unbranched alkanes of at least 4 members (excludes halogenated alkanes) is 8. The number of sulfone groups is 1. The normalized spacial score (nSPS) is 14.9. The van der Waals surface area contributed by atoms with Gasteiger partial charge in [0.15, 0.2) is 9.84 Å². The largest absolute Gasteiger partial charge is 0.297 e.